The molecular formula is C59H45N3. The predicted octanol–water partition coefficient (Wildman–Crippen LogP) is 15.5. The molecule has 0 saturated heterocycles. The maximum Gasteiger partial charge on any atom is 0.0931 e. The third-order valence-electron chi connectivity index (χ3n) is 13.8. The molecular weight excluding hydrogens is 751 g/mol. The van der Waals surface area contributed by atoms with Crippen molar-refractivity contribution in [2.45, 2.75) is 45.4 Å². The van der Waals surface area contributed by atoms with Crippen LogP contribution in [0.2, 0.25) is 0 Å². The molecule has 0 fully saturated rings. The summed E-state index contributed by atoms with van der Waals surface area (Å²) in [6.07, 6.45) is 0.832. The molecule has 0 N–H and O–H groups in total. The molecule has 11 aromatic rings. The minimum atomic E-state index is -0.0843. The van der Waals surface area contributed by atoms with Crippen LogP contribution in [0.4, 0.5) is 0 Å². The topological polar surface area (TPSA) is 30.7 Å². The van der Waals surface area contributed by atoms with Gasteiger partial charge in [-0.2, -0.15) is 0 Å². The molecule has 2 aromatic heterocycles. The Morgan fingerprint density at radius 1 is 0.516 bits per heavy atom. The van der Waals surface area contributed by atoms with Crippen molar-refractivity contribution in [3.8, 4) is 39.2 Å². The van der Waals surface area contributed by atoms with E-state index in [0.29, 0.717) is 0 Å². The second-order valence-electron chi connectivity index (χ2n) is 17.7. The first kappa shape index (κ1) is 36.5. The molecule has 9 aromatic carbocycles. The Balaban J connectivity index is 1.15. The van der Waals surface area contributed by atoms with Gasteiger partial charge in [0.25, 0.3) is 0 Å². The van der Waals surface area contributed by atoms with Crippen molar-refractivity contribution >= 4 is 54.4 Å². The van der Waals surface area contributed by atoms with Crippen molar-refractivity contribution in [2.75, 3.05) is 0 Å². The maximum atomic E-state index is 5.64. The van der Waals surface area contributed by atoms with E-state index in [1.165, 1.54) is 87.9 Å². The molecule has 296 valence electrons. The van der Waals surface area contributed by atoms with Gasteiger partial charge in [-0.15, -0.1) is 0 Å². The fourth-order valence-corrected chi connectivity index (χ4v) is 10.8. The number of aromatic nitrogens is 3. The Morgan fingerprint density at radius 2 is 1.19 bits per heavy atom. The van der Waals surface area contributed by atoms with Crippen LogP contribution in [0.25, 0.3) is 93.6 Å². The highest BCUT2D eigenvalue weighted by Gasteiger charge is 2.36. The van der Waals surface area contributed by atoms with Gasteiger partial charge in [-0.3, -0.25) is 0 Å². The van der Waals surface area contributed by atoms with Crippen LogP contribution in [0.5, 0.6) is 0 Å². The molecule has 1 unspecified atom stereocenters. The van der Waals surface area contributed by atoms with Gasteiger partial charge in [-0.05, 0) is 128 Å². The second kappa shape index (κ2) is 13.8. The monoisotopic (exact) mass is 795 g/mol. The Bertz CT molecular complexity index is 3620. The van der Waals surface area contributed by atoms with Crippen LogP contribution in [0.1, 0.15) is 61.1 Å². The summed E-state index contributed by atoms with van der Waals surface area (Å²) in [5.74, 6) is -0.0821. The Hall–Kier alpha value is -7.36. The molecule has 3 nitrogen and oxygen atoms in total. The van der Waals surface area contributed by atoms with E-state index in [0.717, 1.165) is 40.1 Å². The molecule has 1 aliphatic carbocycles. The molecule has 0 saturated carbocycles. The highest BCUT2D eigenvalue weighted by atomic mass is 15.0. The molecule has 2 heterocycles. The zero-order chi connectivity index (χ0) is 41.7. The third-order valence-corrected chi connectivity index (χ3v) is 13.8. The highest BCUT2D eigenvalue weighted by Crippen LogP contribution is 2.50. The second-order valence-corrected chi connectivity index (χ2v) is 17.7. The van der Waals surface area contributed by atoms with E-state index in [-0.39, 0.29) is 11.3 Å². The molecule has 12 rings (SSSR count). The molecule has 0 radical (unpaired) electrons. The SMILES string of the molecule is CCC(c1cc(-n2c3ccccc3c3cc4ccccc4cc32)ccc1-c1c(C)ccc2ccccc12)c1nc2ccccc2nc1-c1ccc2c(c1)-c1ccccc1C2(C)C. The van der Waals surface area contributed by atoms with E-state index in [4.69, 9.17) is 9.97 Å². The van der Waals surface area contributed by atoms with Crippen molar-refractivity contribution < 1.29 is 0 Å². The molecule has 62 heavy (non-hydrogen) atoms. The lowest BCUT2D eigenvalue weighted by Crippen LogP contribution is -2.14. The average Bonchev–Trinajstić information content (AvgIpc) is 3.75. The summed E-state index contributed by atoms with van der Waals surface area (Å²) in [7, 11) is 0. The molecule has 3 heteroatoms. The lowest BCUT2D eigenvalue weighted by Gasteiger charge is -2.25. The van der Waals surface area contributed by atoms with Crippen LogP contribution in [0.3, 0.4) is 0 Å². The van der Waals surface area contributed by atoms with Crippen LogP contribution in [0.15, 0.2) is 182 Å². The Labute approximate surface area is 362 Å². The predicted molar refractivity (Wildman–Crippen MR) is 261 cm³/mol. The average molecular weight is 796 g/mol. The van der Waals surface area contributed by atoms with Gasteiger partial charge in [0, 0.05) is 33.4 Å². The van der Waals surface area contributed by atoms with Crippen LogP contribution >= 0.6 is 0 Å². The van der Waals surface area contributed by atoms with E-state index >= 15 is 0 Å². The van der Waals surface area contributed by atoms with Gasteiger partial charge < -0.3 is 4.57 Å². The number of hydrogen-bond acceptors (Lipinski definition) is 2. The van der Waals surface area contributed by atoms with Crippen molar-refractivity contribution in [1.82, 2.24) is 14.5 Å². The minimum Gasteiger partial charge on any atom is -0.309 e. The zero-order valence-electron chi connectivity index (χ0n) is 35.4. The van der Waals surface area contributed by atoms with Crippen LogP contribution in [-0.4, -0.2) is 14.5 Å². The van der Waals surface area contributed by atoms with Gasteiger partial charge in [-0.25, -0.2) is 9.97 Å². The number of aryl methyl sites for hydroxylation is 1. The van der Waals surface area contributed by atoms with E-state index in [2.05, 4.69) is 214 Å². The van der Waals surface area contributed by atoms with Gasteiger partial charge >= 0.3 is 0 Å². The maximum absolute atomic E-state index is 5.64. The summed E-state index contributed by atoms with van der Waals surface area (Å²) >= 11 is 0. The standard InChI is InChI=1S/C59H45N3/c1-5-42(58-57(60-52-23-13-14-24-53(52)61-58)40-28-31-51-48(33-40)44-20-10-12-22-50(44)59(51,3)4)47-35-41(29-30-46(47)56-36(2)26-27-37-16-8-9-19-43(37)56)62-54-25-15-11-21-45(54)49-32-38-17-6-7-18-39(38)34-55(49)62/h6-35,42H,5H2,1-4H3. The van der Waals surface area contributed by atoms with E-state index in [9.17, 15) is 0 Å². The molecule has 0 spiro atoms. The lowest BCUT2D eigenvalue weighted by atomic mass is 9.81. The number of para-hydroxylation sites is 3. The fraction of sp³-hybridized carbons (Fsp3) is 0.119. The summed E-state index contributed by atoms with van der Waals surface area (Å²) in [6.45, 7) is 9.25. The van der Waals surface area contributed by atoms with E-state index < -0.39 is 0 Å². The van der Waals surface area contributed by atoms with E-state index in [1.807, 2.05) is 0 Å². The van der Waals surface area contributed by atoms with Crippen LogP contribution in [0, 0.1) is 6.92 Å². The van der Waals surface area contributed by atoms with Gasteiger partial charge in [-0.1, -0.05) is 154 Å². The molecule has 1 atom stereocenters. The first-order valence-corrected chi connectivity index (χ1v) is 21.9. The van der Waals surface area contributed by atoms with Crippen molar-refractivity contribution in [3.05, 3.63) is 210 Å². The van der Waals surface area contributed by atoms with Gasteiger partial charge in [0.15, 0.2) is 0 Å². The summed E-state index contributed by atoms with van der Waals surface area (Å²) in [4.78, 5) is 11.2. The zero-order valence-corrected chi connectivity index (χ0v) is 35.4. The summed E-state index contributed by atoms with van der Waals surface area (Å²) in [6, 6.07) is 67.0. The number of rotatable bonds is 6. The molecule has 0 amide bonds. The van der Waals surface area contributed by atoms with Crippen molar-refractivity contribution in [3.63, 3.8) is 0 Å². The number of nitrogens with zero attached hydrogens (tertiary/aromatic N) is 3. The van der Waals surface area contributed by atoms with Gasteiger partial charge in [0.2, 0.25) is 0 Å². The molecule has 1 aliphatic rings. The highest BCUT2D eigenvalue weighted by molar-refractivity contribution is 6.13. The normalized spacial score (nSPS) is 13.6. The fourth-order valence-electron chi connectivity index (χ4n) is 10.8. The lowest BCUT2D eigenvalue weighted by molar-refractivity contribution is 0.660. The number of benzene rings is 9. The van der Waals surface area contributed by atoms with E-state index in [1.54, 1.807) is 0 Å². The van der Waals surface area contributed by atoms with Crippen LogP contribution < -0.4 is 0 Å². The quantitative estimate of drug-likeness (QED) is 0.168. The first-order valence-electron chi connectivity index (χ1n) is 21.9. The number of fused-ring (bicyclic) bond motifs is 9. The largest absolute Gasteiger partial charge is 0.309 e. The van der Waals surface area contributed by atoms with Crippen molar-refractivity contribution in [2.24, 2.45) is 0 Å². The first-order chi connectivity index (χ1) is 30.4. The summed E-state index contributed by atoms with van der Waals surface area (Å²) in [5.41, 5.74) is 18.6. The van der Waals surface area contributed by atoms with Crippen LogP contribution in [-0.2, 0) is 5.41 Å². The Morgan fingerprint density at radius 3 is 2.02 bits per heavy atom. The minimum absolute atomic E-state index is 0.0821. The van der Waals surface area contributed by atoms with Gasteiger partial charge in [0.1, 0.15) is 0 Å². The Kier molecular flexibility index (Phi) is 8.14. The third kappa shape index (κ3) is 5.44. The summed E-state index contributed by atoms with van der Waals surface area (Å²) in [5, 5.41) is 7.47. The molecule has 0 aliphatic heterocycles. The van der Waals surface area contributed by atoms with Gasteiger partial charge in [0.05, 0.1) is 33.5 Å². The smallest absolute Gasteiger partial charge is 0.0931 e. The molecule has 0 bridgehead atoms. The number of hydrogen-bond donors (Lipinski definition) is 0. The summed E-state index contributed by atoms with van der Waals surface area (Å²) < 4.78 is 2.47. The van der Waals surface area contributed by atoms with Crippen molar-refractivity contribution in [1.29, 1.82) is 0 Å².